The van der Waals surface area contributed by atoms with E-state index in [2.05, 4.69) is 6.07 Å². The maximum Gasteiger partial charge on any atom is 0.119 e. The minimum Gasteiger partial charge on any atom is -0.508 e. The summed E-state index contributed by atoms with van der Waals surface area (Å²) in [7, 11) is 0. The van der Waals surface area contributed by atoms with Gasteiger partial charge >= 0.3 is 0 Å². The zero-order chi connectivity index (χ0) is 10.9. The fraction of sp³-hybridized carbons (Fsp3) is 0.417. The number of aromatic hydroxyl groups is 1. The largest absolute Gasteiger partial charge is 0.508 e. The van der Waals surface area contributed by atoms with Gasteiger partial charge in [0.25, 0.3) is 0 Å². The Morgan fingerprint density at radius 2 is 1.86 bits per heavy atom. The molecule has 1 aromatic carbocycles. The third-order valence-electron chi connectivity index (χ3n) is 2.31. The minimum atomic E-state index is -0.138. The lowest BCUT2D eigenvalue weighted by Crippen LogP contribution is -2.14. The van der Waals surface area contributed by atoms with E-state index in [-0.39, 0.29) is 11.2 Å². The molecule has 0 aromatic heterocycles. The smallest absolute Gasteiger partial charge is 0.119 e. The first-order valence-electron chi connectivity index (χ1n) is 4.61. The molecule has 0 aliphatic heterocycles. The molecular formula is C12H15NO. The standard InChI is InChI=1S/C12H15NO/c1-8-9(7-13)5-6-10(14)11(8)12(2,3)4/h5-6,14H,1-4H3. The van der Waals surface area contributed by atoms with E-state index in [1.807, 2.05) is 27.7 Å². The molecule has 0 heterocycles. The van der Waals surface area contributed by atoms with Crippen LogP contribution in [0, 0.1) is 18.3 Å². The summed E-state index contributed by atoms with van der Waals surface area (Å²) in [6, 6.07) is 5.37. The number of benzene rings is 1. The van der Waals surface area contributed by atoms with Crippen molar-refractivity contribution in [2.75, 3.05) is 0 Å². The van der Waals surface area contributed by atoms with Crippen molar-refractivity contribution in [2.24, 2.45) is 0 Å². The highest BCUT2D eigenvalue weighted by atomic mass is 16.3. The van der Waals surface area contributed by atoms with Gasteiger partial charge in [0.15, 0.2) is 0 Å². The summed E-state index contributed by atoms with van der Waals surface area (Å²) in [4.78, 5) is 0. The monoisotopic (exact) mass is 189 g/mol. The molecule has 0 spiro atoms. The summed E-state index contributed by atoms with van der Waals surface area (Å²) >= 11 is 0. The van der Waals surface area contributed by atoms with Crippen molar-refractivity contribution in [3.8, 4) is 11.8 Å². The van der Waals surface area contributed by atoms with Crippen LogP contribution in [0.3, 0.4) is 0 Å². The SMILES string of the molecule is Cc1c(C#N)ccc(O)c1C(C)(C)C. The van der Waals surface area contributed by atoms with E-state index in [1.54, 1.807) is 12.1 Å². The molecule has 0 aliphatic carbocycles. The molecular weight excluding hydrogens is 174 g/mol. The summed E-state index contributed by atoms with van der Waals surface area (Å²) in [6.07, 6.45) is 0. The van der Waals surface area contributed by atoms with Crippen molar-refractivity contribution in [1.29, 1.82) is 5.26 Å². The fourth-order valence-corrected chi connectivity index (χ4v) is 1.77. The van der Waals surface area contributed by atoms with E-state index in [1.165, 1.54) is 0 Å². The van der Waals surface area contributed by atoms with Crippen LogP contribution in [0.25, 0.3) is 0 Å². The molecule has 0 radical (unpaired) electrons. The second-order valence-corrected chi connectivity index (χ2v) is 4.49. The van der Waals surface area contributed by atoms with Gasteiger partial charge in [-0.15, -0.1) is 0 Å². The number of hydrogen-bond acceptors (Lipinski definition) is 2. The van der Waals surface area contributed by atoms with Crippen molar-refractivity contribution in [1.82, 2.24) is 0 Å². The average Bonchev–Trinajstić information content (AvgIpc) is 2.02. The highest BCUT2D eigenvalue weighted by Gasteiger charge is 2.21. The first-order chi connectivity index (χ1) is 6.38. The Bertz CT molecular complexity index is 394. The molecule has 74 valence electrons. The number of nitriles is 1. The molecule has 0 saturated heterocycles. The molecule has 1 aromatic rings. The second-order valence-electron chi connectivity index (χ2n) is 4.49. The first-order valence-corrected chi connectivity index (χ1v) is 4.61. The summed E-state index contributed by atoms with van der Waals surface area (Å²) < 4.78 is 0. The highest BCUT2D eigenvalue weighted by molar-refractivity contribution is 5.51. The lowest BCUT2D eigenvalue weighted by Gasteiger charge is -2.23. The van der Waals surface area contributed by atoms with E-state index < -0.39 is 0 Å². The van der Waals surface area contributed by atoms with Crippen molar-refractivity contribution in [3.05, 3.63) is 28.8 Å². The quantitative estimate of drug-likeness (QED) is 0.682. The van der Waals surface area contributed by atoms with Crippen LogP contribution in [0.4, 0.5) is 0 Å². The van der Waals surface area contributed by atoms with E-state index in [9.17, 15) is 5.11 Å². The molecule has 2 nitrogen and oxygen atoms in total. The Labute approximate surface area is 84.8 Å². The zero-order valence-electron chi connectivity index (χ0n) is 9.05. The van der Waals surface area contributed by atoms with Crippen LogP contribution in [0.2, 0.25) is 0 Å². The molecule has 0 aliphatic rings. The van der Waals surface area contributed by atoms with Crippen LogP contribution >= 0.6 is 0 Å². The van der Waals surface area contributed by atoms with Crippen molar-refractivity contribution in [2.45, 2.75) is 33.1 Å². The van der Waals surface area contributed by atoms with Crippen molar-refractivity contribution < 1.29 is 5.11 Å². The molecule has 14 heavy (non-hydrogen) atoms. The second kappa shape index (κ2) is 3.34. The maximum absolute atomic E-state index is 9.74. The van der Waals surface area contributed by atoms with Crippen molar-refractivity contribution in [3.63, 3.8) is 0 Å². The van der Waals surface area contributed by atoms with Crippen molar-refractivity contribution >= 4 is 0 Å². The predicted octanol–water partition coefficient (Wildman–Crippen LogP) is 2.87. The molecule has 0 amide bonds. The van der Waals surface area contributed by atoms with Gasteiger partial charge in [-0.05, 0) is 30.0 Å². The third kappa shape index (κ3) is 1.72. The van der Waals surface area contributed by atoms with Crippen LogP contribution in [0.5, 0.6) is 5.75 Å². The summed E-state index contributed by atoms with van der Waals surface area (Å²) in [5, 5.41) is 18.6. The number of phenols is 1. The van der Waals surface area contributed by atoms with Crippen LogP contribution in [0.15, 0.2) is 12.1 Å². The molecule has 1 N–H and O–H groups in total. The molecule has 0 fully saturated rings. The average molecular weight is 189 g/mol. The lowest BCUT2D eigenvalue weighted by molar-refractivity contribution is 0.445. The highest BCUT2D eigenvalue weighted by Crippen LogP contribution is 2.34. The topological polar surface area (TPSA) is 44.0 Å². The van der Waals surface area contributed by atoms with E-state index in [0.717, 1.165) is 11.1 Å². The normalized spacial score (nSPS) is 11.1. The van der Waals surface area contributed by atoms with Gasteiger partial charge in [0, 0.05) is 5.56 Å². The Hall–Kier alpha value is -1.49. The van der Waals surface area contributed by atoms with E-state index >= 15 is 0 Å². The summed E-state index contributed by atoms with van der Waals surface area (Å²) in [5.74, 6) is 0.272. The Balaban J connectivity index is 3.50. The van der Waals surface area contributed by atoms with Gasteiger partial charge in [0.05, 0.1) is 11.6 Å². The van der Waals surface area contributed by atoms with Crippen LogP contribution in [-0.4, -0.2) is 5.11 Å². The molecule has 0 bridgehead atoms. The maximum atomic E-state index is 9.74. The minimum absolute atomic E-state index is 0.138. The Morgan fingerprint density at radius 3 is 2.29 bits per heavy atom. The molecule has 0 saturated carbocycles. The van der Waals surface area contributed by atoms with Crippen LogP contribution < -0.4 is 0 Å². The summed E-state index contributed by atoms with van der Waals surface area (Å²) in [5.41, 5.74) is 2.23. The van der Waals surface area contributed by atoms with E-state index in [0.29, 0.717) is 5.56 Å². The zero-order valence-corrected chi connectivity index (χ0v) is 9.05. The van der Waals surface area contributed by atoms with Gasteiger partial charge in [-0.25, -0.2) is 0 Å². The van der Waals surface area contributed by atoms with Gasteiger partial charge in [-0.2, -0.15) is 5.26 Å². The number of hydrogen-bond donors (Lipinski definition) is 1. The Morgan fingerprint density at radius 1 is 1.29 bits per heavy atom. The van der Waals surface area contributed by atoms with Gasteiger partial charge < -0.3 is 5.11 Å². The molecule has 0 unspecified atom stereocenters. The predicted molar refractivity (Wildman–Crippen MR) is 56.3 cm³/mol. The molecule has 0 atom stereocenters. The van der Waals surface area contributed by atoms with Gasteiger partial charge in [0.2, 0.25) is 0 Å². The Kier molecular flexibility index (Phi) is 2.53. The van der Waals surface area contributed by atoms with Gasteiger partial charge in [0.1, 0.15) is 5.75 Å². The first kappa shape index (κ1) is 10.6. The van der Waals surface area contributed by atoms with Gasteiger partial charge in [-0.1, -0.05) is 20.8 Å². The van der Waals surface area contributed by atoms with Crippen LogP contribution in [0.1, 0.15) is 37.5 Å². The van der Waals surface area contributed by atoms with Crippen LogP contribution in [-0.2, 0) is 5.41 Å². The molecule has 2 heteroatoms. The van der Waals surface area contributed by atoms with E-state index in [4.69, 9.17) is 5.26 Å². The third-order valence-corrected chi connectivity index (χ3v) is 2.31. The number of rotatable bonds is 0. The molecule has 1 rings (SSSR count). The number of phenolic OH excluding ortho intramolecular Hbond substituents is 1. The summed E-state index contributed by atoms with van der Waals surface area (Å²) in [6.45, 7) is 7.95. The fourth-order valence-electron chi connectivity index (χ4n) is 1.77. The van der Waals surface area contributed by atoms with Gasteiger partial charge in [-0.3, -0.25) is 0 Å². The number of nitrogens with zero attached hydrogens (tertiary/aromatic N) is 1. The lowest BCUT2D eigenvalue weighted by atomic mass is 9.82.